The number of nitrogens with zero attached hydrogens (tertiary/aromatic N) is 5. The number of esters is 1. The highest BCUT2D eigenvalue weighted by atomic mass is 16.7. The molecule has 16 nitrogen and oxygen atoms in total. The van der Waals surface area contributed by atoms with E-state index in [1.165, 1.54) is 6.92 Å². The van der Waals surface area contributed by atoms with E-state index in [0.717, 1.165) is 11.3 Å². The third-order valence-electron chi connectivity index (χ3n) is 13.8. The van der Waals surface area contributed by atoms with E-state index in [9.17, 15) is 29.4 Å². The average molecular weight is 880 g/mol. The molecule has 2 aromatic rings. The number of amides is 1. The number of fused-ring (bicyclic) bond motifs is 5. The van der Waals surface area contributed by atoms with Crippen LogP contribution < -0.4 is 0 Å². The molecule has 4 heterocycles. The number of carbonyl (C=O) groups is 4. The largest absolute Gasteiger partial charge is 0.481 e. The summed E-state index contributed by atoms with van der Waals surface area (Å²) in [5.74, 6) is -5.10. The van der Waals surface area contributed by atoms with E-state index in [-0.39, 0.29) is 49.2 Å². The van der Waals surface area contributed by atoms with Crippen molar-refractivity contribution in [2.24, 2.45) is 45.2 Å². The van der Waals surface area contributed by atoms with Gasteiger partial charge in [-0.05, 0) is 102 Å². The standard InChI is InChI=1S/C47H69N5O11/c1-11-39-47(9,58)37-15-14-34(51-59-26-35-13-12-33(25-48-35)38-17-20-49-63-38)16-19-46(8,24-27(2)42(29(37)4)50-32(7)53)44(30(5)43(56)31(6)45(57)61-39)62-41-23-36(22-28(3)60-41)52(10)21-18-40(54)55/h12-13,17,20,25,27-31,36-37,39,41,44,58H,11,14-16,18-19,21-24,26H2,1-10H3,(H,54,55)/b50-42?,51-34+/t27-,28-,29-,30+,31-,36+,37-,39-,41+,44-,46-,47+/m1/s1. The van der Waals surface area contributed by atoms with Gasteiger partial charge < -0.3 is 38.7 Å². The van der Waals surface area contributed by atoms with Gasteiger partial charge in [0.05, 0.1) is 36.2 Å². The van der Waals surface area contributed by atoms with Gasteiger partial charge >= 0.3 is 11.9 Å². The number of hydrogen-bond acceptors (Lipinski definition) is 14. The van der Waals surface area contributed by atoms with Crippen molar-refractivity contribution in [1.82, 2.24) is 15.0 Å². The Kier molecular flexibility index (Phi) is 17.0. The summed E-state index contributed by atoms with van der Waals surface area (Å²) < 4.78 is 24.9. The van der Waals surface area contributed by atoms with Gasteiger partial charge in [0, 0.05) is 61.3 Å². The van der Waals surface area contributed by atoms with Crippen LogP contribution in [0, 0.1) is 35.0 Å². The summed E-state index contributed by atoms with van der Waals surface area (Å²) in [5.41, 5.74) is 0.330. The number of aliphatic hydroxyl groups is 1. The van der Waals surface area contributed by atoms with Gasteiger partial charge in [0.1, 0.15) is 17.6 Å². The fourth-order valence-corrected chi connectivity index (χ4v) is 10.2. The number of Topliss-reactive ketones (excluding diaryl/α,β-unsaturated/α-hetero) is 1. The molecule has 16 heteroatoms. The van der Waals surface area contributed by atoms with Gasteiger partial charge in [-0.15, -0.1) is 0 Å². The Balaban J connectivity index is 1.60. The molecule has 0 unspecified atom stereocenters. The lowest BCUT2D eigenvalue weighted by Crippen LogP contribution is -2.54. The van der Waals surface area contributed by atoms with Crippen LogP contribution in [0.3, 0.4) is 0 Å². The van der Waals surface area contributed by atoms with Crippen molar-refractivity contribution in [3.63, 3.8) is 0 Å². The second-order valence-electron chi connectivity index (χ2n) is 18.7. The molecule has 1 amide bonds. The van der Waals surface area contributed by atoms with E-state index < -0.39 is 65.1 Å². The molecule has 1 saturated carbocycles. The molecular formula is C47H69N5O11. The predicted octanol–water partition coefficient (Wildman–Crippen LogP) is 7.07. The number of carbonyl (C=O) groups excluding carboxylic acids is 3. The van der Waals surface area contributed by atoms with Crippen molar-refractivity contribution in [2.45, 2.75) is 163 Å². The van der Waals surface area contributed by atoms with E-state index in [0.29, 0.717) is 68.7 Å². The lowest BCUT2D eigenvalue weighted by molar-refractivity contribution is -0.249. The number of ether oxygens (including phenoxy) is 3. The minimum absolute atomic E-state index is 0.0102. The third-order valence-corrected chi connectivity index (χ3v) is 13.8. The quantitative estimate of drug-likeness (QED) is 0.131. The second kappa shape index (κ2) is 21.5. The number of oxime groups is 1. The SMILES string of the molecule is CC[C@H]1OC(=O)[C@H](C)C(=O)[C@H](C)[C@@H](O[C@H]2C[C@@H](N(C)CCC(=O)O)C[C@@H](C)O2)[C@]2(C)CC/C(=N/OCc3ccc(-c4ccno4)cn3)CC[C@H]([C@@H](C)C(=NC(C)=O)[C@H](C)C2)[C@]1(C)O. The molecular weight excluding hydrogens is 811 g/mol. The molecule has 2 N–H and O–H groups in total. The smallest absolute Gasteiger partial charge is 0.316 e. The van der Waals surface area contributed by atoms with Crippen molar-refractivity contribution < 1.29 is 53.0 Å². The van der Waals surface area contributed by atoms with E-state index in [1.54, 1.807) is 39.2 Å². The number of rotatable bonds is 11. The summed E-state index contributed by atoms with van der Waals surface area (Å²) in [5, 5.41) is 30.5. The van der Waals surface area contributed by atoms with Crippen LogP contribution in [0.5, 0.6) is 0 Å². The van der Waals surface area contributed by atoms with Crippen LogP contribution in [-0.2, 0) is 44.8 Å². The molecule has 3 aliphatic rings. The molecule has 0 spiro atoms. The van der Waals surface area contributed by atoms with E-state index in [1.807, 2.05) is 51.8 Å². The Hall–Kier alpha value is -4.38. The summed E-state index contributed by atoms with van der Waals surface area (Å²) in [6.45, 7) is 16.7. The summed E-state index contributed by atoms with van der Waals surface area (Å²) >= 11 is 0. The van der Waals surface area contributed by atoms with Crippen LogP contribution in [0.25, 0.3) is 11.3 Å². The molecule has 12 atom stereocenters. The van der Waals surface area contributed by atoms with Crippen LogP contribution in [0.2, 0.25) is 0 Å². The van der Waals surface area contributed by atoms with Crippen molar-refractivity contribution in [3.8, 4) is 11.3 Å². The van der Waals surface area contributed by atoms with Crippen LogP contribution in [-0.4, -0.2) is 110 Å². The fourth-order valence-electron chi connectivity index (χ4n) is 10.2. The highest BCUT2D eigenvalue weighted by molar-refractivity contribution is 6.00. The van der Waals surface area contributed by atoms with Gasteiger partial charge in [-0.25, -0.2) is 4.99 Å². The first-order valence-electron chi connectivity index (χ1n) is 22.6. The minimum Gasteiger partial charge on any atom is -0.481 e. The Morgan fingerprint density at radius 3 is 2.43 bits per heavy atom. The summed E-state index contributed by atoms with van der Waals surface area (Å²) in [6.07, 6.45) is 3.94. The number of cyclic esters (lactones) is 1. The summed E-state index contributed by atoms with van der Waals surface area (Å²) in [6, 6.07) is 5.40. The van der Waals surface area contributed by atoms with Gasteiger partial charge in [0.2, 0.25) is 5.91 Å². The number of pyridine rings is 1. The highest BCUT2D eigenvalue weighted by Gasteiger charge is 2.51. The fraction of sp³-hybridized carbons (Fsp3) is 0.702. The van der Waals surface area contributed by atoms with Crippen LogP contribution >= 0.6 is 0 Å². The number of carboxylic acid groups (broad SMARTS) is 1. The van der Waals surface area contributed by atoms with Gasteiger partial charge in [-0.2, -0.15) is 0 Å². The van der Waals surface area contributed by atoms with Crippen LogP contribution in [0.4, 0.5) is 0 Å². The van der Waals surface area contributed by atoms with E-state index in [2.05, 4.69) is 22.1 Å². The first-order chi connectivity index (χ1) is 29.7. The Bertz CT molecular complexity index is 1930. The highest BCUT2D eigenvalue weighted by Crippen LogP contribution is 2.46. The van der Waals surface area contributed by atoms with Crippen molar-refractivity contribution >= 4 is 35.1 Å². The minimum atomic E-state index is -1.60. The monoisotopic (exact) mass is 879 g/mol. The Labute approximate surface area is 371 Å². The maximum absolute atomic E-state index is 14.7. The zero-order valence-corrected chi connectivity index (χ0v) is 38.7. The van der Waals surface area contributed by atoms with Crippen LogP contribution in [0.15, 0.2) is 45.3 Å². The maximum atomic E-state index is 14.7. The average Bonchev–Trinajstić information content (AvgIpc) is 3.78. The molecule has 3 fully saturated rings. The number of hydrogen-bond donors (Lipinski definition) is 2. The zero-order chi connectivity index (χ0) is 46.2. The molecule has 348 valence electrons. The number of aliphatic carboxylic acids is 1. The van der Waals surface area contributed by atoms with Gasteiger partial charge in [0.15, 0.2) is 24.4 Å². The number of ketones is 1. The van der Waals surface area contributed by atoms with E-state index >= 15 is 0 Å². The molecule has 0 radical (unpaired) electrons. The van der Waals surface area contributed by atoms with Gasteiger partial charge in [0.25, 0.3) is 0 Å². The second-order valence-corrected chi connectivity index (χ2v) is 18.7. The Morgan fingerprint density at radius 2 is 1.79 bits per heavy atom. The number of carboxylic acids is 1. The third kappa shape index (κ3) is 12.5. The van der Waals surface area contributed by atoms with Crippen LogP contribution in [0.1, 0.15) is 126 Å². The maximum Gasteiger partial charge on any atom is 0.316 e. The summed E-state index contributed by atoms with van der Waals surface area (Å²) in [7, 11) is 1.90. The van der Waals surface area contributed by atoms with Crippen molar-refractivity contribution in [3.05, 3.63) is 36.3 Å². The molecule has 2 aliphatic heterocycles. The van der Waals surface area contributed by atoms with Gasteiger partial charge in [-0.1, -0.05) is 44.9 Å². The topological polar surface area (TPSA) is 213 Å². The number of aliphatic imine (C=N–C) groups is 1. The lowest BCUT2D eigenvalue weighted by Gasteiger charge is -2.47. The Morgan fingerprint density at radius 1 is 1.05 bits per heavy atom. The first kappa shape index (κ1) is 49.6. The first-order valence-corrected chi connectivity index (χ1v) is 22.6. The predicted molar refractivity (Wildman–Crippen MR) is 234 cm³/mol. The van der Waals surface area contributed by atoms with Crippen molar-refractivity contribution in [1.29, 1.82) is 0 Å². The molecule has 1 aliphatic carbocycles. The van der Waals surface area contributed by atoms with Gasteiger partial charge in [-0.3, -0.25) is 24.2 Å². The van der Waals surface area contributed by atoms with Crippen molar-refractivity contribution in [2.75, 3.05) is 13.6 Å². The molecule has 5 rings (SSSR count). The molecule has 0 aromatic carbocycles. The normalized spacial score (nSPS) is 35.1. The van der Waals surface area contributed by atoms with E-state index in [4.69, 9.17) is 28.7 Å². The molecule has 2 aromatic heterocycles. The zero-order valence-electron chi connectivity index (χ0n) is 38.7. The summed E-state index contributed by atoms with van der Waals surface area (Å²) in [4.78, 5) is 70.3. The number of aromatic nitrogens is 2. The molecule has 2 bridgehead atoms. The lowest BCUT2D eigenvalue weighted by atomic mass is 9.65. The molecule has 63 heavy (non-hydrogen) atoms. The molecule has 2 saturated heterocycles.